The Bertz CT molecular complexity index is 154. The zero-order valence-corrected chi connectivity index (χ0v) is 6.50. The Morgan fingerprint density at radius 2 is 2.00 bits per heavy atom. The van der Waals surface area contributed by atoms with Gasteiger partial charge >= 0.3 is 0 Å². The van der Waals surface area contributed by atoms with Gasteiger partial charge in [-0.1, -0.05) is 6.08 Å². The van der Waals surface area contributed by atoms with Gasteiger partial charge < -0.3 is 0 Å². The number of hydrogen-bond acceptors (Lipinski definition) is 0. The molecule has 0 aromatic heterocycles. The summed E-state index contributed by atoms with van der Waals surface area (Å²) in [5.74, 6) is 0. The summed E-state index contributed by atoms with van der Waals surface area (Å²) in [5.41, 5.74) is 1.44. The van der Waals surface area contributed by atoms with Gasteiger partial charge in [0.1, 0.15) is 0 Å². The monoisotopic (exact) mass is 128 g/mol. The predicted octanol–water partition coefficient (Wildman–Crippen LogP) is 2.44. The van der Waals surface area contributed by atoms with Crippen LogP contribution in [0.15, 0.2) is 22.0 Å². The summed E-state index contributed by atoms with van der Waals surface area (Å²) in [7, 11) is 0.133. The van der Waals surface area contributed by atoms with Crippen LogP contribution in [-0.2, 0) is 0 Å². The van der Waals surface area contributed by atoms with Crippen LogP contribution in [0.4, 0.5) is 0 Å². The maximum atomic E-state index is 2.35. The van der Waals surface area contributed by atoms with Crippen molar-refractivity contribution in [2.75, 3.05) is 6.26 Å². The van der Waals surface area contributed by atoms with Crippen molar-refractivity contribution in [3.63, 3.8) is 0 Å². The molecule has 1 aliphatic heterocycles. The SMILES string of the molecule is CC1=C[SH](C)C(C)=C1. The molecule has 8 heavy (non-hydrogen) atoms. The number of hydrogen-bond donors (Lipinski definition) is 1. The Labute approximate surface area is 53.6 Å². The molecule has 1 atom stereocenters. The summed E-state index contributed by atoms with van der Waals surface area (Å²) in [5, 5.41) is 2.35. The van der Waals surface area contributed by atoms with Gasteiger partial charge in [-0.15, -0.1) is 0 Å². The average Bonchev–Trinajstić information content (AvgIpc) is 1.85. The first-order chi connectivity index (χ1) is 3.70. The maximum Gasteiger partial charge on any atom is -0.0299 e. The fourth-order valence-electron chi connectivity index (χ4n) is 0.876. The van der Waals surface area contributed by atoms with Gasteiger partial charge in [0.05, 0.1) is 0 Å². The molecule has 0 radical (unpaired) electrons. The molecule has 1 heterocycles. The highest BCUT2D eigenvalue weighted by Crippen LogP contribution is 2.39. The molecule has 0 spiro atoms. The van der Waals surface area contributed by atoms with Crippen LogP contribution in [-0.4, -0.2) is 6.26 Å². The molecule has 0 saturated carbocycles. The van der Waals surface area contributed by atoms with Crippen molar-refractivity contribution in [2.24, 2.45) is 0 Å². The van der Waals surface area contributed by atoms with Crippen LogP contribution in [0.2, 0.25) is 0 Å². The molecule has 0 aliphatic carbocycles. The molecule has 1 unspecified atom stereocenters. The number of rotatable bonds is 0. The van der Waals surface area contributed by atoms with E-state index in [9.17, 15) is 0 Å². The zero-order valence-electron chi connectivity index (χ0n) is 5.60. The molecule has 0 bridgehead atoms. The van der Waals surface area contributed by atoms with Gasteiger partial charge in [0.25, 0.3) is 0 Å². The Morgan fingerprint density at radius 3 is 2.12 bits per heavy atom. The van der Waals surface area contributed by atoms with Gasteiger partial charge in [-0.05, 0) is 36.0 Å². The van der Waals surface area contributed by atoms with Gasteiger partial charge in [-0.2, -0.15) is 0 Å². The fourth-order valence-corrected chi connectivity index (χ4v) is 2.17. The maximum absolute atomic E-state index is 2.35. The lowest BCUT2D eigenvalue weighted by Gasteiger charge is -2.03. The van der Waals surface area contributed by atoms with Crippen molar-refractivity contribution in [3.8, 4) is 0 Å². The summed E-state index contributed by atoms with van der Waals surface area (Å²) in [6.45, 7) is 4.37. The smallest absolute Gasteiger partial charge is 0.0299 e. The third kappa shape index (κ3) is 0.972. The second-order valence-corrected chi connectivity index (χ2v) is 4.46. The van der Waals surface area contributed by atoms with E-state index >= 15 is 0 Å². The molecule has 0 saturated heterocycles. The van der Waals surface area contributed by atoms with Crippen LogP contribution in [0, 0.1) is 0 Å². The first-order valence-corrected chi connectivity index (χ1v) is 4.65. The quantitative estimate of drug-likeness (QED) is 0.476. The van der Waals surface area contributed by atoms with Crippen molar-refractivity contribution in [3.05, 3.63) is 22.0 Å². The standard InChI is InChI=1S/C7H12S/c1-6-4-7(2)8(3)5-6/h4-5,8H,1-3H3. The third-order valence-electron chi connectivity index (χ3n) is 1.39. The highest BCUT2D eigenvalue weighted by atomic mass is 32.2. The molecule has 0 N–H and O–H groups in total. The fraction of sp³-hybridized carbons (Fsp3) is 0.429. The van der Waals surface area contributed by atoms with Crippen molar-refractivity contribution < 1.29 is 0 Å². The van der Waals surface area contributed by atoms with Crippen LogP contribution in [0.25, 0.3) is 0 Å². The number of thiol groups is 1. The van der Waals surface area contributed by atoms with E-state index in [0.717, 1.165) is 0 Å². The molecule has 1 rings (SSSR count). The van der Waals surface area contributed by atoms with E-state index in [4.69, 9.17) is 0 Å². The Morgan fingerprint density at radius 1 is 1.38 bits per heavy atom. The van der Waals surface area contributed by atoms with Crippen LogP contribution in [0.5, 0.6) is 0 Å². The van der Waals surface area contributed by atoms with Crippen molar-refractivity contribution in [1.29, 1.82) is 0 Å². The van der Waals surface area contributed by atoms with Gasteiger partial charge in [-0.3, -0.25) is 0 Å². The average molecular weight is 128 g/mol. The minimum atomic E-state index is 0.133. The van der Waals surface area contributed by atoms with Crippen LogP contribution >= 0.6 is 10.9 Å². The van der Waals surface area contributed by atoms with Crippen molar-refractivity contribution in [2.45, 2.75) is 13.8 Å². The van der Waals surface area contributed by atoms with Crippen LogP contribution in [0.1, 0.15) is 13.8 Å². The van der Waals surface area contributed by atoms with E-state index in [1.54, 1.807) is 4.91 Å². The normalized spacial score (nSPS) is 32.1. The minimum Gasteiger partial charge on any atom is -0.213 e. The molecule has 0 amide bonds. The Hall–Kier alpha value is -0.170. The molecule has 0 aromatic carbocycles. The summed E-state index contributed by atoms with van der Waals surface area (Å²) in [6.07, 6.45) is 4.56. The van der Waals surface area contributed by atoms with Crippen LogP contribution < -0.4 is 0 Å². The molecule has 1 aliphatic rings. The van der Waals surface area contributed by atoms with Gasteiger partial charge in [0, 0.05) is 0 Å². The topological polar surface area (TPSA) is 0 Å². The Balaban J connectivity index is 2.78. The lowest BCUT2D eigenvalue weighted by Crippen LogP contribution is -1.64. The predicted molar refractivity (Wildman–Crippen MR) is 42.4 cm³/mol. The van der Waals surface area contributed by atoms with E-state index in [2.05, 4.69) is 31.6 Å². The summed E-state index contributed by atoms with van der Waals surface area (Å²) in [6, 6.07) is 0. The van der Waals surface area contributed by atoms with Crippen molar-refractivity contribution in [1.82, 2.24) is 0 Å². The third-order valence-corrected chi connectivity index (χ3v) is 3.43. The first kappa shape index (κ1) is 5.96. The van der Waals surface area contributed by atoms with E-state index in [0.29, 0.717) is 0 Å². The second-order valence-electron chi connectivity index (χ2n) is 2.27. The Kier molecular flexibility index (Phi) is 1.47. The lowest BCUT2D eigenvalue weighted by atomic mass is 10.3. The summed E-state index contributed by atoms with van der Waals surface area (Å²) in [4.78, 5) is 1.55. The van der Waals surface area contributed by atoms with Gasteiger partial charge in [-0.25, -0.2) is 10.9 Å². The molecule has 1 heteroatoms. The molecule has 0 aromatic rings. The zero-order chi connectivity index (χ0) is 6.15. The van der Waals surface area contributed by atoms with E-state index in [1.165, 1.54) is 5.57 Å². The molecular weight excluding hydrogens is 116 g/mol. The van der Waals surface area contributed by atoms with E-state index in [1.807, 2.05) is 0 Å². The van der Waals surface area contributed by atoms with E-state index < -0.39 is 0 Å². The van der Waals surface area contributed by atoms with E-state index in [-0.39, 0.29) is 10.9 Å². The minimum absolute atomic E-state index is 0.133. The van der Waals surface area contributed by atoms with Gasteiger partial charge in [0.15, 0.2) is 0 Å². The molecule has 46 valence electrons. The molecule has 0 fully saturated rings. The largest absolute Gasteiger partial charge is 0.213 e. The van der Waals surface area contributed by atoms with Gasteiger partial charge in [0.2, 0.25) is 0 Å². The second kappa shape index (κ2) is 1.98. The summed E-state index contributed by atoms with van der Waals surface area (Å²) < 4.78 is 0. The van der Waals surface area contributed by atoms with Crippen LogP contribution in [0.3, 0.4) is 0 Å². The highest BCUT2D eigenvalue weighted by molar-refractivity contribution is 8.22. The lowest BCUT2D eigenvalue weighted by molar-refractivity contribution is 1.53. The van der Waals surface area contributed by atoms with Crippen molar-refractivity contribution >= 4 is 10.9 Å². The molecular formula is C7H12S. The summed E-state index contributed by atoms with van der Waals surface area (Å²) >= 11 is 0. The number of allylic oxidation sites excluding steroid dienone is 3. The first-order valence-electron chi connectivity index (χ1n) is 2.80. The molecule has 0 nitrogen and oxygen atoms in total. The highest BCUT2D eigenvalue weighted by Gasteiger charge is 2.02.